The fourth-order valence-electron chi connectivity index (χ4n) is 9.10. The van der Waals surface area contributed by atoms with E-state index in [4.69, 9.17) is 4.74 Å². The Morgan fingerprint density at radius 3 is 2.46 bits per heavy atom. The molecule has 2 fully saturated rings. The van der Waals surface area contributed by atoms with Gasteiger partial charge in [-0.05, 0) is 99.2 Å². The van der Waals surface area contributed by atoms with Crippen LogP contribution in [0, 0.1) is 39.9 Å². The lowest BCUT2D eigenvalue weighted by molar-refractivity contribution is -0.151. The average Bonchev–Trinajstić information content (AvgIpc) is 3.04. The molecule has 196 valence electrons. The molecule has 0 aromatic carbocycles. The van der Waals surface area contributed by atoms with Gasteiger partial charge in [0.05, 0.1) is 5.60 Å². The highest BCUT2D eigenvalue weighted by Crippen LogP contribution is 2.71. The molecule has 5 nitrogen and oxygen atoms in total. The van der Waals surface area contributed by atoms with Crippen LogP contribution in [0.25, 0.3) is 0 Å². The van der Waals surface area contributed by atoms with Crippen molar-refractivity contribution in [3.63, 3.8) is 0 Å². The molecule has 0 aromatic heterocycles. The Hall–Kier alpha value is -1.62. The summed E-state index contributed by atoms with van der Waals surface area (Å²) >= 11 is 0. The Bertz CT molecular complexity index is 941. The van der Waals surface area contributed by atoms with Crippen molar-refractivity contribution in [1.29, 1.82) is 0 Å². The smallest absolute Gasteiger partial charge is 0.333 e. The van der Waals surface area contributed by atoms with E-state index in [-0.39, 0.29) is 46.6 Å². The zero-order valence-corrected chi connectivity index (χ0v) is 22.8. The highest BCUT2D eigenvalue weighted by atomic mass is 16.5. The maximum atomic E-state index is 12.3. The van der Waals surface area contributed by atoms with Crippen LogP contribution in [0.5, 0.6) is 0 Å². The largest absolute Gasteiger partial charge is 0.481 e. The molecule has 2 N–H and O–H groups in total. The topological polar surface area (TPSA) is 83.8 Å². The molecule has 4 rings (SSSR count). The van der Waals surface area contributed by atoms with Gasteiger partial charge in [0.25, 0.3) is 0 Å². The second-order valence-electron chi connectivity index (χ2n) is 13.4. The number of hydrogen-bond donors (Lipinski definition) is 2. The number of aliphatic hydroxyl groups is 1. The summed E-state index contributed by atoms with van der Waals surface area (Å²) in [7, 11) is 0. The number of carbonyl (C=O) groups is 2. The van der Waals surface area contributed by atoms with E-state index in [0.29, 0.717) is 23.8 Å². The van der Waals surface area contributed by atoms with Gasteiger partial charge in [-0.1, -0.05) is 45.4 Å². The first-order valence-electron chi connectivity index (χ1n) is 13.7. The maximum absolute atomic E-state index is 12.3. The molecule has 0 unspecified atom stereocenters. The highest BCUT2D eigenvalue weighted by molar-refractivity contribution is 5.88. The second kappa shape index (κ2) is 8.75. The lowest BCUT2D eigenvalue weighted by Crippen LogP contribution is -2.55. The average molecular weight is 487 g/mol. The molecule has 35 heavy (non-hydrogen) atoms. The van der Waals surface area contributed by atoms with Gasteiger partial charge in [0.2, 0.25) is 0 Å². The number of aliphatic carboxylic acids is 1. The zero-order valence-electron chi connectivity index (χ0n) is 22.8. The summed E-state index contributed by atoms with van der Waals surface area (Å²) in [5.74, 6) is 0.244. The molecule has 5 heteroatoms. The number of carboxylic acid groups (broad SMARTS) is 1. The Morgan fingerprint density at radius 1 is 1.17 bits per heavy atom. The molecule has 1 heterocycles. The summed E-state index contributed by atoms with van der Waals surface area (Å²) in [6.45, 7) is 15.0. The Balaban J connectivity index is 1.68. The van der Waals surface area contributed by atoms with Crippen molar-refractivity contribution < 1.29 is 24.5 Å². The molecule has 0 amide bonds. The Labute approximate surface area is 211 Å². The predicted octanol–water partition coefficient (Wildman–Crippen LogP) is 6.31. The normalized spacial score (nSPS) is 42.3. The van der Waals surface area contributed by atoms with Gasteiger partial charge in [-0.2, -0.15) is 0 Å². The zero-order chi connectivity index (χ0) is 26.0. The molecule has 2 saturated carbocycles. The van der Waals surface area contributed by atoms with Crippen LogP contribution in [0.15, 0.2) is 23.3 Å². The molecule has 0 aromatic rings. The van der Waals surface area contributed by atoms with Crippen LogP contribution in [0.3, 0.4) is 0 Å². The maximum Gasteiger partial charge on any atom is 0.333 e. The number of ether oxygens (including phenoxy) is 1. The van der Waals surface area contributed by atoms with Crippen LogP contribution in [-0.2, 0) is 14.3 Å². The lowest BCUT2D eigenvalue weighted by Gasteiger charge is -2.61. The highest BCUT2D eigenvalue weighted by Gasteiger charge is 2.64. The number of fused-ring (bicyclic) bond motifs is 3. The lowest BCUT2D eigenvalue weighted by atomic mass is 9.44. The predicted molar refractivity (Wildman–Crippen MR) is 137 cm³/mol. The number of allylic oxidation sites excluding steroid dienone is 2. The molecule has 0 radical (unpaired) electrons. The molecule has 8 atom stereocenters. The third-order valence-electron chi connectivity index (χ3n) is 11.3. The van der Waals surface area contributed by atoms with Gasteiger partial charge >= 0.3 is 11.9 Å². The van der Waals surface area contributed by atoms with Crippen LogP contribution in [-0.4, -0.2) is 33.9 Å². The molecule has 3 aliphatic carbocycles. The number of cyclic esters (lactones) is 1. The Morgan fingerprint density at radius 2 is 1.86 bits per heavy atom. The SMILES string of the molecule is CC1=CC[C@H]([C@@H](C)[C@H]2CC[C@@]3(C)[C@@H]4CC[C@@H](C(C)(C)O)[C@](C)(CCC(=O)O)C4=CC[C@]23C)OC1=O. The third-order valence-corrected chi connectivity index (χ3v) is 11.3. The van der Waals surface area contributed by atoms with Gasteiger partial charge in [-0.3, -0.25) is 4.79 Å². The third kappa shape index (κ3) is 4.10. The van der Waals surface area contributed by atoms with Gasteiger partial charge in [0, 0.05) is 18.4 Å². The van der Waals surface area contributed by atoms with Crippen LogP contribution in [0.4, 0.5) is 0 Å². The summed E-state index contributed by atoms with van der Waals surface area (Å²) in [5.41, 5.74) is 1.13. The molecule has 0 spiro atoms. The van der Waals surface area contributed by atoms with Gasteiger partial charge in [-0.15, -0.1) is 0 Å². The summed E-state index contributed by atoms with van der Waals surface area (Å²) in [5, 5.41) is 20.6. The minimum atomic E-state index is -0.857. The molecule has 1 aliphatic heterocycles. The number of carbonyl (C=O) groups excluding carboxylic acids is 1. The van der Waals surface area contributed by atoms with E-state index in [1.165, 1.54) is 5.57 Å². The van der Waals surface area contributed by atoms with E-state index in [1.807, 2.05) is 26.8 Å². The van der Waals surface area contributed by atoms with Crippen LogP contribution in [0.1, 0.15) is 99.8 Å². The van der Waals surface area contributed by atoms with Crippen molar-refractivity contribution in [3.8, 4) is 0 Å². The van der Waals surface area contributed by atoms with Crippen molar-refractivity contribution >= 4 is 11.9 Å². The van der Waals surface area contributed by atoms with E-state index in [0.717, 1.165) is 38.5 Å². The molecular weight excluding hydrogens is 440 g/mol. The summed E-state index contributed by atoms with van der Waals surface area (Å²) in [6.07, 6.45) is 11.1. The number of hydrogen-bond acceptors (Lipinski definition) is 4. The molecule has 0 bridgehead atoms. The minimum Gasteiger partial charge on any atom is -0.481 e. The van der Waals surface area contributed by atoms with E-state index in [1.54, 1.807) is 0 Å². The standard InChI is InChI=1S/C30H46O5/c1-18-8-10-23(35-26(18)33)19(2)20-12-16-30(7)22-9-11-24(27(3,4)34)28(5,15-14-25(31)32)21(22)13-17-29(20,30)6/h8,13,19-20,22-24,34H,9-12,14-17H2,1-7H3,(H,31,32)/t19-,20+,22+,23+,24-,28+,29+,30-/m0/s1. The summed E-state index contributed by atoms with van der Waals surface area (Å²) in [4.78, 5) is 23.9. The first-order chi connectivity index (χ1) is 16.1. The first kappa shape index (κ1) is 26.4. The Kier molecular flexibility index (Phi) is 6.61. The van der Waals surface area contributed by atoms with Gasteiger partial charge in [-0.25, -0.2) is 4.79 Å². The molecule has 0 saturated heterocycles. The van der Waals surface area contributed by atoms with Crippen LogP contribution >= 0.6 is 0 Å². The summed E-state index contributed by atoms with van der Waals surface area (Å²) in [6, 6.07) is 0. The van der Waals surface area contributed by atoms with E-state index < -0.39 is 11.6 Å². The number of rotatable bonds is 6. The first-order valence-corrected chi connectivity index (χ1v) is 13.7. The van der Waals surface area contributed by atoms with Crippen LogP contribution in [0.2, 0.25) is 0 Å². The van der Waals surface area contributed by atoms with Gasteiger partial charge in [0.1, 0.15) is 6.10 Å². The second-order valence-corrected chi connectivity index (χ2v) is 13.4. The fourth-order valence-corrected chi connectivity index (χ4v) is 9.10. The van der Waals surface area contributed by atoms with Crippen molar-refractivity contribution in [1.82, 2.24) is 0 Å². The van der Waals surface area contributed by atoms with E-state index >= 15 is 0 Å². The quantitative estimate of drug-likeness (QED) is 0.340. The van der Waals surface area contributed by atoms with Crippen molar-refractivity contribution in [2.75, 3.05) is 0 Å². The monoisotopic (exact) mass is 486 g/mol. The van der Waals surface area contributed by atoms with Gasteiger partial charge in [0.15, 0.2) is 0 Å². The van der Waals surface area contributed by atoms with Crippen LogP contribution < -0.4 is 0 Å². The minimum absolute atomic E-state index is 0.0395. The molecule has 4 aliphatic rings. The van der Waals surface area contributed by atoms with E-state index in [9.17, 15) is 19.8 Å². The van der Waals surface area contributed by atoms with Gasteiger partial charge < -0.3 is 14.9 Å². The molecular formula is C30H46O5. The van der Waals surface area contributed by atoms with Crippen molar-refractivity contribution in [3.05, 3.63) is 23.3 Å². The number of carboxylic acids is 1. The fraction of sp³-hybridized carbons (Fsp3) is 0.800. The van der Waals surface area contributed by atoms with E-state index in [2.05, 4.69) is 33.8 Å². The van der Waals surface area contributed by atoms with Crippen molar-refractivity contribution in [2.24, 2.45) is 39.9 Å². The summed E-state index contributed by atoms with van der Waals surface area (Å²) < 4.78 is 5.87. The van der Waals surface area contributed by atoms with Crippen molar-refractivity contribution in [2.45, 2.75) is 112 Å². The number of esters is 1.